The Hall–Kier alpha value is -0.870. The number of aromatic nitrogens is 2. The van der Waals surface area contributed by atoms with Crippen LogP contribution in [0.1, 0.15) is 56.5 Å². The summed E-state index contributed by atoms with van der Waals surface area (Å²) >= 11 is 0. The highest BCUT2D eigenvalue weighted by Gasteiger charge is 2.23. The van der Waals surface area contributed by atoms with Gasteiger partial charge in [-0.2, -0.15) is 0 Å². The molecule has 1 saturated heterocycles. The first-order chi connectivity index (χ1) is 10.7. The lowest BCUT2D eigenvalue weighted by Gasteiger charge is -2.36. The zero-order valence-corrected chi connectivity index (χ0v) is 14.4. The minimum absolute atomic E-state index is 0.646. The predicted octanol–water partition coefficient (Wildman–Crippen LogP) is 2.86. The van der Waals surface area contributed by atoms with Gasteiger partial charge in [-0.25, -0.2) is 4.98 Å². The Morgan fingerprint density at radius 2 is 2.00 bits per heavy atom. The van der Waals surface area contributed by atoms with Gasteiger partial charge in [0.15, 0.2) is 0 Å². The van der Waals surface area contributed by atoms with Gasteiger partial charge in [0.25, 0.3) is 0 Å². The van der Waals surface area contributed by atoms with Crippen molar-refractivity contribution < 1.29 is 0 Å². The van der Waals surface area contributed by atoms with Gasteiger partial charge in [-0.05, 0) is 45.1 Å². The maximum Gasteiger partial charge on any atom is 0.105 e. The molecule has 22 heavy (non-hydrogen) atoms. The summed E-state index contributed by atoms with van der Waals surface area (Å²) in [7, 11) is 2.11. The molecule has 2 aliphatic rings. The Morgan fingerprint density at radius 1 is 1.18 bits per heavy atom. The summed E-state index contributed by atoms with van der Waals surface area (Å²) in [6, 6.07) is 0.646. The highest BCUT2D eigenvalue weighted by Crippen LogP contribution is 2.25. The first kappa shape index (κ1) is 16.0. The number of imidazole rings is 1. The fraction of sp³-hybridized carbons (Fsp3) is 0.833. The van der Waals surface area contributed by atoms with E-state index in [1.54, 1.807) is 0 Å². The molecule has 4 heteroatoms. The van der Waals surface area contributed by atoms with Crippen LogP contribution in [0.2, 0.25) is 0 Å². The van der Waals surface area contributed by atoms with E-state index in [9.17, 15) is 0 Å². The van der Waals surface area contributed by atoms with E-state index < -0.39 is 0 Å². The van der Waals surface area contributed by atoms with Crippen molar-refractivity contribution in [1.82, 2.24) is 19.8 Å². The van der Waals surface area contributed by atoms with E-state index in [1.165, 1.54) is 70.3 Å². The van der Waals surface area contributed by atoms with Crippen LogP contribution in [-0.2, 0) is 13.6 Å². The van der Waals surface area contributed by atoms with Crippen LogP contribution in [0.5, 0.6) is 0 Å². The van der Waals surface area contributed by atoms with Crippen molar-refractivity contribution in [3.05, 3.63) is 17.7 Å². The zero-order valence-electron chi connectivity index (χ0n) is 14.4. The Kier molecular flexibility index (Phi) is 5.53. The van der Waals surface area contributed by atoms with E-state index in [2.05, 4.69) is 33.7 Å². The molecule has 1 saturated carbocycles. The van der Waals surface area contributed by atoms with Crippen LogP contribution in [0.4, 0.5) is 0 Å². The number of piperidine rings is 1. The maximum absolute atomic E-state index is 4.38. The molecule has 1 aliphatic heterocycles. The average Bonchev–Trinajstić information content (AvgIpc) is 2.86. The molecule has 1 aromatic rings. The molecule has 2 fully saturated rings. The SMILES string of the molecule is Cc1ncc(CN[C@@H]2CCCN(CC3CCCCC3)C2)n1C. The van der Waals surface area contributed by atoms with Crippen molar-refractivity contribution in [1.29, 1.82) is 0 Å². The number of aryl methyl sites for hydroxylation is 1. The van der Waals surface area contributed by atoms with Crippen molar-refractivity contribution in [2.24, 2.45) is 13.0 Å². The third-order valence-corrected chi connectivity index (χ3v) is 5.64. The second-order valence-corrected chi connectivity index (χ2v) is 7.34. The minimum atomic E-state index is 0.646. The van der Waals surface area contributed by atoms with Crippen LogP contribution >= 0.6 is 0 Å². The number of hydrogen-bond acceptors (Lipinski definition) is 3. The van der Waals surface area contributed by atoms with Crippen molar-refractivity contribution in [3.8, 4) is 0 Å². The van der Waals surface area contributed by atoms with Crippen molar-refractivity contribution in [3.63, 3.8) is 0 Å². The Labute approximate surface area is 135 Å². The fourth-order valence-electron chi connectivity index (χ4n) is 4.08. The fourth-order valence-corrected chi connectivity index (χ4v) is 4.08. The number of likely N-dealkylation sites (tertiary alicyclic amines) is 1. The highest BCUT2D eigenvalue weighted by atomic mass is 15.2. The van der Waals surface area contributed by atoms with Crippen LogP contribution in [0.25, 0.3) is 0 Å². The molecule has 3 rings (SSSR count). The summed E-state index contributed by atoms with van der Waals surface area (Å²) in [6.07, 6.45) is 12.0. The quantitative estimate of drug-likeness (QED) is 0.908. The molecule has 0 amide bonds. The van der Waals surface area contributed by atoms with Crippen molar-refractivity contribution in [2.75, 3.05) is 19.6 Å². The third-order valence-electron chi connectivity index (χ3n) is 5.64. The largest absolute Gasteiger partial charge is 0.334 e. The third kappa shape index (κ3) is 4.11. The van der Waals surface area contributed by atoms with Gasteiger partial charge >= 0.3 is 0 Å². The lowest BCUT2D eigenvalue weighted by atomic mass is 9.88. The van der Waals surface area contributed by atoms with E-state index in [-0.39, 0.29) is 0 Å². The molecule has 1 aliphatic carbocycles. The van der Waals surface area contributed by atoms with Gasteiger partial charge in [-0.1, -0.05) is 19.3 Å². The molecule has 1 atom stereocenters. The van der Waals surface area contributed by atoms with Gasteiger partial charge in [-0.3, -0.25) is 0 Å². The molecular weight excluding hydrogens is 272 g/mol. The van der Waals surface area contributed by atoms with E-state index in [4.69, 9.17) is 0 Å². The standard InChI is InChI=1S/C18H32N4/c1-15-19-11-18(21(15)2)12-20-17-9-6-10-22(14-17)13-16-7-4-3-5-8-16/h11,16-17,20H,3-10,12-14H2,1-2H3/t17-/m1/s1. The second kappa shape index (κ2) is 7.60. The van der Waals surface area contributed by atoms with Crippen molar-refractivity contribution in [2.45, 2.75) is 64.5 Å². The van der Waals surface area contributed by atoms with Crippen LogP contribution in [0.15, 0.2) is 6.20 Å². The molecule has 4 nitrogen and oxygen atoms in total. The topological polar surface area (TPSA) is 33.1 Å². The molecule has 1 aromatic heterocycles. The molecule has 0 aromatic carbocycles. The van der Waals surface area contributed by atoms with Gasteiger partial charge in [0.1, 0.15) is 5.82 Å². The lowest BCUT2D eigenvalue weighted by molar-refractivity contribution is 0.149. The highest BCUT2D eigenvalue weighted by molar-refractivity contribution is 5.03. The average molecular weight is 304 g/mol. The summed E-state index contributed by atoms with van der Waals surface area (Å²) in [5, 5.41) is 3.76. The van der Waals surface area contributed by atoms with Gasteiger partial charge < -0.3 is 14.8 Å². The van der Waals surface area contributed by atoms with Gasteiger partial charge in [-0.15, -0.1) is 0 Å². The van der Waals surface area contributed by atoms with E-state index in [1.807, 2.05) is 6.20 Å². The van der Waals surface area contributed by atoms with E-state index in [0.29, 0.717) is 6.04 Å². The first-order valence-corrected chi connectivity index (χ1v) is 9.15. The van der Waals surface area contributed by atoms with Crippen molar-refractivity contribution >= 4 is 0 Å². The summed E-state index contributed by atoms with van der Waals surface area (Å²) in [4.78, 5) is 7.10. The molecule has 2 heterocycles. The van der Waals surface area contributed by atoms with Crippen LogP contribution in [0.3, 0.4) is 0 Å². The second-order valence-electron chi connectivity index (χ2n) is 7.34. The Bertz CT molecular complexity index is 462. The molecule has 0 bridgehead atoms. The summed E-state index contributed by atoms with van der Waals surface area (Å²) in [6.45, 7) is 6.88. The maximum atomic E-state index is 4.38. The molecule has 0 radical (unpaired) electrons. The van der Waals surface area contributed by atoms with Gasteiger partial charge in [0.2, 0.25) is 0 Å². The summed E-state index contributed by atoms with van der Waals surface area (Å²) in [5.41, 5.74) is 1.29. The van der Waals surface area contributed by atoms with Crippen LogP contribution < -0.4 is 5.32 Å². The van der Waals surface area contributed by atoms with E-state index in [0.717, 1.165) is 18.3 Å². The molecule has 0 unspecified atom stereocenters. The Morgan fingerprint density at radius 3 is 2.73 bits per heavy atom. The lowest BCUT2D eigenvalue weighted by Crippen LogP contribution is -2.47. The summed E-state index contributed by atoms with van der Waals surface area (Å²) in [5.74, 6) is 2.06. The number of hydrogen-bond donors (Lipinski definition) is 1. The number of nitrogens with zero attached hydrogens (tertiary/aromatic N) is 3. The number of rotatable bonds is 5. The normalized spacial score (nSPS) is 24.7. The molecule has 0 spiro atoms. The van der Waals surface area contributed by atoms with E-state index >= 15 is 0 Å². The smallest absolute Gasteiger partial charge is 0.105 e. The van der Waals surface area contributed by atoms with Gasteiger partial charge in [0, 0.05) is 38.9 Å². The Balaban J connectivity index is 1.45. The van der Waals surface area contributed by atoms with Crippen LogP contribution in [-0.4, -0.2) is 40.1 Å². The van der Waals surface area contributed by atoms with Gasteiger partial charge in [0.05, 0.1) is 5.69 Å². The predicted molar refractivity (Wildman–Crippen MR) is 90.8 cm³/mol. The monoisotopic (exact) mass is 304 g/mol. The molecule has 1 N–H and O–H groups in total. The summed E-state index contributed by atoms with van der Waals surface area (Å²) < 4.78 is 2.19. The number of nitrogens with one attached hydrogen (secondary N) is 1. The first-order valence-electron chi connectivity index (χ1n) is 9.15. The van der Waals surface area contributed by atoms with Crippen LogP contribution in [0, 0.1) is 12.8 Å². The minimum Gasteiger partial charge on any atom is -0.334 e. The molecular formula is C18H32N4. The molecule has 124 valence electrons. The zero-order chi connectivity index (χ0) is 15.4.